The van der Waals surface area contributed by atoms with Crippen LogP contribution in [0.1, 0.15) is 46.9 Å². The monoisotopic (exact) mass is 314 g/mol. The zero-order valence-corrected chi connectivity index (χ0v) is 15.6. The van der Waals surface area contributed by atoms with Gasteiger partial charge in [0, 0.05) is 10.9 Å². The lowest BCUT2D eigenvalue weighted by Crippen LogP contribution is -2.36. The molecule has 2 rings (SSSR count). The molecule has 0 aliphatic rings. The van der Waals surface area contributed by atoms with Crippen LogP contribution in [0.4, 0.5) is 5.82 Å². The average Bonchev–Trinajstić information content (AvgIpc) is 2.34. The summed E-state index contributed by atoms with van der Waals surface area (Å²) in [5.41, 5.74) is 1.21. The van der Waals surface area contributed by atoms with Crippen LogP contribution >= 0.6 is 0 Å². The van der Waals surface area contributed by atoms with E-state index in [2.05, 4.69) is 62.0 Å². The van der Waals surface area contributed by atoms with Gasteiger partial charge in [-0.05, 0) is 51.9 Å². The molecule has 1 aromatic carbocycles. The van der Waals surface area contributed by atoms with Crippen LogP contribution in [0.15, 0.2) is 24.3 Å². The van der Waals surface area contributed by atoms with Crippen molar-refractivity contribution < 1.29 is 0 Å². The molecule has 0 atom stereocenters. The minimum Gasteiger partial charge on any atom is -0.365 e. The zero-order chi connectivity index (χ0) is 17.3. The standard InChI is InChI=1S/C19H30N4/c1-18(2,3)13-19(4,5)22-17-14-10-8-9-11-15(14)20-16(21-17)12-23(6)7/h8-11H,12-13H2,1-7H3,(H,20,21,22). The van der Waals surface area contributed by atoms with Gasteiger partial charge in [0.05, 0.1) is 12.1 Å². The summed E-state index contributed by atoms with van der Waals surface area (Å²) in [7, 11) is 4.07. The highest BCUT2D eigenvalue weighted by Crippen LogP contribution is 2.31. The molecule has 0 amide bonds. The second-order valence-electron chi connectivity index (χ2n) is 8.49. The molecule has 4 heteroatoms. The summed E-state index contributed by atoms with van der Waals surface area (Å²) in [5, 5.41) is 4.74. The first-order chi connectivity index (χ1) is 10.6. The van der Waals surface area contributed by atoms with Gasteiger partial charge >= 0.3 is 0 Å². The van der Waals surface area contributed by atoms with E-state index >= 15 is 0 Å². The Balaban J connectivity index is 2.41. The zero-order valence-electron chi connectivity index (χ0n) is 15.6. The quantitative estimate of drug-likeness (QED) is 0.892. The number of fused-ring (bicyclic) bond motifs is 1. The van der Waals surface area contributed by atoms with Gasteiger partial charge in [-0.3, -0.25) is 0 Å². The summed E-state index contributed by atoms with van der Waals surface area (Å²) in [5.74, 6) is 1.78. The highest BCUT2D eigenvalue weighted by Gasteiger charge is 2.26. The molecule has 0 aliphatic carbocycles. The van der Waals surface area contributed by atoms with Crippen LogP contribution in [0.25, 0.3) is 10.9 Å². The molecule has 1 N–H and O–H groups in total. The number of nitrogens with one attached hydrogen (secondary N) is 1. The summed E-state index contributed by atoms with van der Waals surface area (Å²) in [6.07, 6.45) is 1.06. The topological polar surface area (TPSA) is 41.1 Å². The number of para-hydroxylation sites is 1. The average molecular weight is 314 g/mol. The van der Waals surface area contributed by atoms with Crippen molar-refractivity contribution >= 4 is 16.7 Å². The maximum Gasteiger partial charge on any atom is 0.145 e. The van der Waals surface area contributed by atoms with Crippen molar-refractivity contribution in [2.45, 2.75) is 53.1 Å². The molecule has 0 aliphatic heterocycles. The number of anilines is 1. The van der Waals surface area contributed by atoms with E-state index in [1.807, 2.05) is 26.2 Å². The van der Waals surface area contributed by atoms with Crippen molar-refractivity contribution in [2.75, 3.05) is 19.4 Å². The van der Waals surface area contributed by atoms with Crippen molar-refractivity contribution in [2.24, 2.45) is 5.41 Å². The fourth-order valence-corrected chi connectivity index (χ4v) is 3.26. The van der Waals surface area contributed by atoms with Crippen LogP contribution in [0.3, 0.4) is 0 Å². The lowest BCUT2D eigenvalue weighted by molar-refractivity contribution is 0.302. The van der Waals surface area contributed by atoms with Gasteiger partial charge in [-0.2, -0.15) is 0 Å². The SMILES string of the molecule is CN(C)Cc1nc(NC(C)(C)CC(C)(C)C)c2ccccc2n1. The number of benzene rings is 1. The fraction of sp³-hybridized carbons (Fsp3) is 0.579. The molecule has 0 bridgehead atoms. The Bertz CT molecular complexity index is 669. The smallest absolute Gasteiger partial charge is 0.145 e. The Morgan fingerprint density at radius 3 is 2.26 bits per heavy atom. The van der Waals surface area contributed by atoms with Crippen molar-refractivity contribution in [1.29, 1.82) is 0 Å². The van der Waals surface area contributed by atoms with Crippen LogP contribution in [-0.4, -0.2) is 34.5 Å². The molecule has 2 aromatic rings. The first kappa shape index (κ1) is 17.7. The summed E-state index contributed by atoms with van der Waals surface area (Å²) in [6.45, 7) is 12.0. The molecule has 1 aromatic heterocycles. The minimum atomic E-state index is -0.0369. The Kier molecular flexibility index (Phi) is 4.95. The number of hydrogen-bond acceptors (Lipinski definition) is 4. The summed E-state index contributed by atoms with van der Waals surface area (Å²) in [6, 6.07) is 8.21. The van der Waals surface area contributed by atoms with Gasteiger partial charge in [-0.15, -0.1) is 0 Å². The van der Waals surface area contributed by atoms with Crippen LogP contribution in [0, 0.1) is 5.41 Å². The van der Waals surface area contributed by atoms with Crippen LogP contribution < -0.4 is 5.32 Å². The van der Waals surface area contributed by atoms with Gasteiger partial charge in [0.2, 0.25) is 0 Å². The molecule has 23 heavy (non-hydrogen) atoms. The van der Waals surface area contributed by atoms with E-state index < -0.39 is 0 Å². The Hall–Kier alpha value is -1.68. The first-order valence-corrected chi connectivity index (χ1v) is 8.24. The molecule has 1 heterocycles. The maximum absolute atomic E-state index is 4.79. The van der Waals surface area contributed by atoms with Crippen LogP contribution in [0.5, 0.6) is 0 Å². The van der Waals surface area contributed by atoms with Gasteiger partial charge in [0.25, 0.3) is 0 Å². The molecule has 0 saturated carbocycles. The van der Waals surface area contributed by atoms with Crippen molar-refractivity contribution in [3.8, 4) is 0 Å². The van der Waals surface area contributed by atoms with E-state index in [1.54, 1.807) is 0 Å². The van der Waals surface area contributed by atoms with E-state index in [4.69, 9.17) is 4.98 Å². The Morgan fingerprint density at radius 1 is 1.00 bits per heavy atom. The van der Waals surface area contributed by atoms with Gasteiger partial charge in [0.1, 0.15) is 11.6 Å². The number of nitrogens with zero attached hydrogens (tertiary/aromatic N) is 3. The summed E-state index contributed by atoms with van der Waals surface area (Å²) in [4.78, 5) is 11.6. The van der Waals surface area contributed by atoms with Gasteiger partial charge < -0.3 is 10.2 Å². The third kappa shape index (κ3) is 5.17. The largest absolute Gasteiger partial charge is 0.365 e. The van der Waals surface area contributed by atoms with Gasteiger partial charge in [-0.25, -0.2) is 9.97 Å². The van der Waals surface area contributed by atoms with E-state index in [0.717, 1.165) is 35.5 Å². The second kappa shape index (κ2) is 6.44. The molecule has 0 fully saturated rings. The second-order valence-corrected chi connectivity index (χ2v) is 8.49. The molecule has 0 saturated heterocycles. The van der Waals surface area contributed by atoms with E-state index in [0.29, 0.717) is 0 Å². The maximum atomic E-state index is 4.79. The molecular formula is C19H30N4. The number of aromatic nitrogens is 2. The van der Waals surface area contributed by atoms with Crippen molar-refractivity contribution in [3.05, 3.63) is 30.1 Å². The molecule has 4 nitrogen and oxygen atoms in total. The first-order valence-electron chi connectivity index (χ1n) is 8.24. The Labute approximate surface area is 140 Å². The highest BCUT2D eigenvalue weighted by atomic mass is 15.1. The number of rotatable bonds is 5. The summed E-state index contributed by atoms with van der Waals surface area (Å²) >= 11 is 0. The Morgan fingerprint density at radius 2 is 1.65 bits per heavy atom. The fourth-order valence-electron chi connectivity index (χ4n) is 3.26. The molecule has 0 unspecified atom stereocenters. The molecular weight excluding hydrogens is 284 g/mol. The third-order valence-electron chi connectivity index (χ3n) is 3.54. The lowest BCUT2D eigenvalue weighted by Gasteiger charge is -2.34. The van der Waals surface area contributed by atoms with E-state index in [1.165, 1.54) is 0 Å². The normalized spacial score (nSPS) is 12.9. The lowest BCUT2D eigenvalue weighted by atomic mass is 9.82. The molecule has 0 spiro atoms. The third-order valence-corrected chi connectivity index (χ3v) is 3.54. The predicted molar refractivity (Wildman–Crippen MR) is 98.7 cm³/mol. The molecule has 126 valence electrons. The van der Waals surface area contributed by atoms with Gasteiger partial charge in [0.15, 0.2) is 0 Å². The number of hydrogen-bond donors (Lipinski definition) is 1. The van der Waals surface area contributed by atoms with Gasteiger partial charge in [-0.1, -0.05) is 32.9 Å². The highest BCUT2D eigenvalue weighted by molar-refractivity contribution is 5.89. The van der Waals surface area contributed by atoms with Crippen LogP contribution in [-0.2, 0) is 6.54 Å². The van der Waals surface area contributed by atoms with Crippen molar-refractivity contribution in [1.82, 2.24) is 14.9 Å². The predicted octanol–water partition coefficient (Wildman–Crippen LogP) is 4.32. The van der Waals surface area contributed by atoms with E-state index in [9.17, 15) is 0 Å². The van der Waals surface area contributed by atoms with Crippen LogP contribution in [0.2, 0.25) is 0 Å². The van der Waals surface area contributed by atoms with Crippen molar-refractivity contribution in [3.63, 3.8) is 0 Å². The van der Waals surface area contributed by atoms with E-state index in [-0.39, 0.29) is 11.0 Å². The minimum absolute atomic E-state index is 0.0369. The molecule has 0 radical (unpaired) electrons. The summed E-state index contributed by atoms with van der Waals surface area (Å²) < 4.78 is 0.